The van der Waals surface area contributed by atoms with Crippen LogP contribution in [0.25, 0.3) is 0 Å². The number of nitrogens with two attached hydrogens (primary N) is 1. The zero-order valence-electron chi connectivity index (χ0n) is 13.5. The van der Waals surface area contributed by atoms with Gasteiger partial charge in [0, 0.05) is 6.04 Å². The van der Waals surface area contributed by atoms with Crippen molar-refractivity contribution < 1.29 is 0 Å². The first-order chi connectivity index (χ1) is 9.29. The van der Waals surface area contributed by atoms with E-state index in [1.165, 1.54) is 83.5 Å². The Bertz CT molecular complexity index is 202. The van der Waals surface area contributed by atoms with Gasteiger partial charge in [0.1, 0.15) is 0 Å². The zero-order chi connectivity index (χ0) is 13.9. The topological polar surface area (TPSA) is 26.0 Å². The maximum absolute atomic E-state index is 6.48. The molecule has 0 amide bonds. The second-order valence-corrected chi connectivity index (χ2v) is 6.69. The Morgan fingerprint density at radius 3 is 2.21 bits per heavy atom. The summed E-state index contributed by atoms with van der Waals surface area (Å²) in [6, 6.07) is 0.487. The van der Waals surface area contributed by atoms with E-state index in [4.69, 9.17) is 5.73 Å². The molecule has 1 fully saturated rings. The van der Waals surface area contributed by atoms with Gasteiger partial charge in [0.25, 0.3) is 0 Å². The molecule has 3 unspecified atom stereocenters. The third kappa shape index (κ3) is 6.79. The van der Waals surface area contributed by atoms with Gasteiger partial charge in [0.15, 0.2) is 0 Å². The van der Waals surface area contributed by atoms with Crippen molar-refractivity contribution in [3.63, 3.8) is 0 Å². The lowest BCUT2D eigenvalue weighted by Crippen LogP contribution is -2.36. The Kier molecular flexibility index (Phi) is 9.59. The zero-order valence-corrected chi connectivity index (χ0v) is 13.5. The third-order valence-corrected chi connectivity index (χ3v) is 5.18. The van der Waals surface area contributed by atoms with Gasteiger partial charge in [-0.3, -0.25) is 0 Å². The molecule has 1 aliphatic rings. The summed E-state index contributed by atoms with van der Waals surface area (Å²) in [7, 11) is 0. The highest BCUT2D eigenvalue weighted by Gasteiger charge is 2.28. The van der Waals surface area contributed by atoms with Gasteiger partial charge in [-0.1, -0.05) is 84.5 Å². The lowest BCUT2D eigenvalue weighted by Gasteiger charge is -2.35. The van der Waals surface area contributed by atoms with Crippen LogP contribution in [0, 0.1) is 11.8 Å². The first-order valence-electron chi connectivity index (χ1n) is 9.05. The van der Waals surface area contributed by atoms with E-state index in [2.05, 4.69) is 13.8 Å². The van der Waals surface area contributed by atoms with E-state index in [0.29, 0.717) is 6.04 Å². The lowest BCUT2D eigenvalue weighted by atomic mass is 9.73. The molecule has 2 N–H and O–H groups in total. The molecular formula is C18H37N. The van der Waals surface area contributed by atoms with Gasteiger partial charge in [-0.2, -0.15) is 0 Å². The van der Waals surface area contributed by atoms with Gasteiger partial charge < -0.3 is 5.73 Å². The van der Waals surface area contributed by atoms with Crippen LogP contribution in [0.4, 0.5) is 0 Å². The quantitative estimate of drug-likeness (QED) is 0.507. The summed E-state index contributed by atoms with van der Waals surface area (Å²) >= 11 is 0. The molecule has 19 heavy (non-hydrogen) atoms. The van der Waals surface area contributed by atoms with E-state index in [-0.39, 0.29) is 0 Å². The molecule has 0 aromatic heterocycles. The SMILES string of the molecule is CCCCCCCCCC(N)C1CCCCC1CC. The minimum Gasteiger partial charge on any atom is -0.327 e. The van der Waals surface area contributed by atoms with Crippen LogP contribution < -0.4 is 5.73 Å². The summed E-state index contributed by atoms with van der Waals surface area (Å²) < 4.78 is 0. The van der Waals surface area contributed by atoms with E-state index < -0.39 is 0 Å². The maximum atomic E-state index is 6.48. The summed E-state index contributed by atoms with van der Waals surface area (Å²) in [6.45, 7) is 4.64. The molecule has 1 rings (SSSR count). The molecule has 0 radical (unpaired) electrons. The van der Waals surface area contributed by atoms with E-state index in [1.54, 1.807) is 0 Å². The highest BCUT2D eigenvalue weighted by Crippen LogP contribution is 2.35. The summed E-state index contributed by atoms with van der Waals surface area (Å²) in [5.74, 6) is 1.76. The molecule has 0 heterocycles. The van der Waals surface area contributed by atoms with Gasteiger partial charge in [0.05, 0.1) is 0 Å². The van der Waals surface area contributed by atoms with Crippen LogP contribution in [0.1, 0.15) is 97.3 Å². The Labute approximate surface area is 121 Å². The van der Waals surface area contributed by atoms with Crippen LogP contribution in [-0.4, -0.2) is 6.04 Å². The molecule has 1 saturated carbocycles. The molecule has 0 aromatic rings. The van der Waals surface area contributed by atoms with Crippen LogP contribution in [0.5, 0.6) is 0 Å². The van der Waals surface area contributed by atoms with Crippen LogP contribution in [0.3, 0.4) is 0 Å². The smallest absolute Gasteiger partial charge is 0.00698 e. The van der Waals surface area contributed by atoms with Crippen LogP contribution >= 0.6 is 0 Å². The van der Waals surface area contributed by atoms with Crippen LogP contribution in [0.15, 0.2) is 0 Å². The monoisotopic (exact) mass is 267 g/mol. The van der Waals surface area contributed by atoms with Gasteiger partial charge in [-0.05, 0) is 24.7 Å². The van der Waals surface area contributed by atoms with Crippen molar-refractivity contribution in [1.82, 2.24) is 0 Å². The molecule has 0 spiro atoms. The Hall–Kier alpha value is -0.0400. The Morgan fingerprint density at radius 1 is 0.895 bits per heavy atom. The summed E-state index contributed by atoms with van der Waals surface area (Å²) in [6.07, 6.45) is 18.1. The highest BCUT2D eigenvalue weighted by atomic mass is 14.7. The first kappa shape index (κ1) is 17.0. The van der Waals surface area contributed by atoms with Gasteiger partial charge in [0.2, 0.25) is 0 Å². The molecule has 1 nitrogen and oxygen atoms in total. The normalized spacial score (nSPS) is 25.4. The van der Waals surface area contributed by atoms with Crippen molar-refractivity contribution in [2.24, 2.45) is 17.6 Å². The molecule has 1 aliphatic carbocycles. The fourth-order valence-electron chi connectivity index (χ4n) is 3.86. The van der Waals surface area contributed by atoms with Crippen LogP contribution in [0.2, 0.25) is 0 Å². The number of rotatable bonds is 10. The maximum Gasteiger partial charge on any atom is 0.00698 e. The van der Waals surface area contributed by atoms with Crippen LogP contribution in [-0.2, 0) is 0 Å². The van der Waals surface area contributed by atoms with Crippen molar-refractivity contribution in [1.29, 1.82) is 0 Å². The second kappa shape index (κ2) is 10.7. The molecule has 0 aliphatic heterocycles. The second-order valence-electron chi connectivity index (χ2n) is 6.69. The third-order valence-electron chi connectivity index (χ3n) is 5.18. The highest BCUT2D eigenvalue weighted by molar-refractivity contribution is 4.82. The predicted octanol–water partition coefficient (Wildman–Crippen LogP) is 5.67. The Balaban J connectivity index is 2.07. The fraction of sp³-hybridized carbons (Fsp3) is 1.00. The Morgan fingerprint density at radius 2 is 1.53 bits per heavy atom. The van der Waals surface area contributed by atoms with Crippen molar-refractivity contribution in [3.05, 3.63) is 0 Å². The summed E-state index contributed by atoms with van der Waals surface area (Å²) in [5, 5.41) is 0. The predicted molar refractivity (Wildman–Crippen MR) is 86.3 cm³/mol. The number of hydrogen-bond acceptors (Lipinski definition) is 1. The number of unbranched alkanes of at least 4 members (excludes halogenated alkanes) is 6. The van der Waals surface area contributed by atoms with Gasteiger partial charge in [-0.25, -0.2) is 0 Å². The van der Waals surface area contributed by atoms with Crippen molar-refractivity contribution in [2.45, 2.75) is 103 Å². The van der Waals surface area contributed by atoms with Crippen molar-refractivity contribution >= 4 is 0 Å². The lowest BCUT2D eigenvalue weighted by molar-refractivity contribution is 0.188. The average molecular weight is 268 g/mol. The average Bonchev–Trinajstić information content (AvgIpc) is 2.46. The van der Waals surface area contributed by atoms with E-state index >= 15 is 0 Å². The molecule has 3 atom stereocenters. The minimum atomic E-state index is 0.487. The van der Waals surface area contributed by atoms with Gasteiger partial charge in [-0.15, -0.1) is 0 Å². The summed E-state index contributed by atoms with van der Waals surface area (Å²) in [4.78, 5) is 0. The molecule has 0 bridgehead atoms. The summed E-state index contributed by atoms with van der Waals surface area (Å²) in [5.41, 5.74) is 6.48. The largest absolute Gasteiger partial charge is 0.327 e. The molecule has 1 heteroatoms. The fourth-order valence-corrected chi connectivity index (χ4v) is 3.86. The van der Waals surface area contributed by atoms with E-state index in [1.807, 2.05) is 0 Å². The number of hydrogen-bond donors (Lipinski definition) is 1. The standard InChI is InChI=1S/C18H37N/c1-3-5-6-7-8-9-10-15-18(19)17-14-12-11-13-16(17)4-2/h16-18H,3-15,19H2,1-2H3. The minimum absolute atomic E-state index is 0.487. The molecular weight excluding hydrogens is 230 g/mol. The first-order valence-corrected chi connectivity index (χ1v) is 9.05. The van der Waals surface area contributed by atoms with E-state index in [0.717, 1.165) is 11.8 Å². The molecule has 114 valence electrons. The van der Waals surface area contributed by atoms with Crippen molar-refractivity contribution in [2.75, 3.05) is 0 Å². The van der Waals surface area contributed by atoms with Crippen molar-refractivity contribution in [3.8, 4) is 0 Å². The molecule has 0 aromatic carbocycles. The molecule has 0 saturated heterocycles. The van der Waals surface area contributed by atoms with Gasteiger partial charge >= 0.3 is 0 Å². The van der Waals surface area contributed by atoms with E-state index in [9.17, 15) is 0 Å².